The van der Waals surface area contributed by atoms with Gasteiger partial charge in [0.05, 0.1) is 0 Å². The van der Waals surface area contributed by atoms with Crippen LogP contribution in [0.5, 0.6) is 0 Å². The van der Waals surface area contributed by atoms with Gasteiger partial charge < -0.3 is 16.2 Å². The van der Waals surface area contributed by atoms with E-state index in [1.165, 1.54) is 12.8 Å². The number of aliphatic carboxylic acids is 1. The quantitative estimate of drug-likeness (QED) is 0.245. The van der Waals surface area contributed by atoms with Crippen LogP contribution in [0.25, 0.3) is 0 Å². The van der Waals surface area contributed by atoms with Gasteiger partial charge in [0.1, 0.15) is 0 Å². The molecule has 27 heavy (non-hydrogen) atoms. The Bertz CT molecular complexity index is 440. The number of rotatable bonds is 18. The van der Waals surface area contributed by atoms with Gasteiger partial charge in [0, 0.05) is 19.4 Å². The lowest BCUT2D eigenvalue weighted by molar-refractivity contribution is -0.148. The van der Waals surface area contributed by atoms with E-state index in [4.69, 9.17) is 5.73 Å². The maximum atomic E-state index is 12.3. The first-order valence-corrected chi connectivity index (χ1v) is 10.7. The lowest BCUT2D eigenvalue weighted by atomic mass is 9.87. The van der Waals surface area contributed by atoms with Gasteiger partial charge in [-0.15, -0.1) is 0 Å². The monoisotopic (exact) mass is 384 g/mol. The predicted octanol–water partition coefficient (Wildman–Crippen LogP) is 3.96. The topological polar surface area (TPSA) is 109 Å². The Balaban J connectivity index is 4.10. The Morgan fingerprint density at radius 2 is 1.33 bits per heavy atom. The number of Topliss-reactive ketones (excluding diaryl/α,β-unsaturated/α-hetero) is 1. The summed E-state index contributed by atoms with van der Waals surface area (Å²) in [4.78, 5) is 35.6. The normalized spacial score (nSPS) is 13.1. The minimum absolute atomic E-state index is 0.0216. The van der Waals surface area contributed by atoms with Crippen LogP contribution in [0.15, 0.2) is 0 Å². The van der Waals surface area contributed by atoms with Crippen molar-refractivity contribution in [3.63, 3.8) is 0 Å². The van der Waals surface area contributed by atoms with E-state index in [0.29, 0.717) is 25.8 Å². The lowest BCUT2D eigenvalue weighted by Crippen LogP contribution is -2.55. The first-order valence-electron chi connectivity index (χ1n) is 10.7. The molecule has 0 saturated heterocycles. The second-order valence-corrected chi connectivity index (χ2v) is 7.48. The van der Waals surface area contributed by atoms with Crippen molar-refractivity contribution in [1.29, 1.82) is 0 Å². The lowest BCUT2D eigenvalue weighted by Gasteiger charge is -2.23. The van der Waals surface area contributed by atoms with Crippen molar-refractivity contribution >= 4 is 17.7 Å². The van der Waals surface area contributed by atoms with Crippen molar-refractivity contribution in [2.75, 3.05) is 6.54 Å². The molecule has 0 aromatic rings. The van der Waals surface area contributed by atoms with Crippen LogP contribution in [0.4, 0.5) is 0 Å². The summed E-state index contributed by atoms with van der Waals surface area (Å²) >= 11 is 0. The zero-order chi connectivity index (χ0) is 20.5. The van der Waals surface area contributed by atoms with Gasteiger partial charge in [0.15, 0.2) is 11.3 Å². The van der Waals surface area contributed by atoms with Crippen LogP contribution < -0.4 is 11.1 Å². The molecule has 0 rings (SSSR count). The standard InChI is InChI=1S/C21H40N2O4/c1-3-5-7-9-11-14-18(24)21(22,20(26)27)16-13-17-23-19(25)15-12-10-8-6-4-2/h3-17,22H2,1-2H3,(H,23,25)(H,26,27)/t21-/m0/s1. The third kappa shape index (κ3) is 11.8. The molecule has 6 heteroatoms. The van der Waals surface area contributed by atoms with Gasteiger partial charge in [-0.1, -0.05) is 65.2 Å². The Labute approximate surface area is 164 Å². The van der Waals surface area contributed by atoms with Gasteiger partial charge >= 0.3 is 5.97 Å². The van der Waals surface area contributed by atoms with Crippen molar-refractivity contribution < 1.29 is 19.5 Å². The van der Waals surface area contributed by atoms with Crippen LogP contribution in [-0.4, -0.2) is 34.8 Å². The van der Waals surface area contributed by atoms with Crippen molar-refractivity contribution in [1.82, 2.24) is 5.32 Å². The number of nitrogens with one attached hydrogen (secondary N) is 1. The molecule has 0 aromatic carbocycles. The zero-order valence-corrected chi connectivity index (χ0v) is 17.4. The number of carbonyl (C=O) groups is 3. The minimum atomic E-state index is -1.84. The Morgan fingerprint density at radius 3 is 1.85 bits per heavy atom. The van der Waals surface area contributed by atoms with Gasteiger partial charge in [-0.05, 0) is 25.7 Å². The second-order valence-electron chi connectivity index (χ2n) is 7.48. The molecule has 158 valence electrons. The molecule has 0 fully saturated rings. The second kappa shape index (κ2) is 15.6. The summed E-state index contributed by atoms with van der Waals surface area (Å²) in [5, 5.41) is 12.2. The van der Waals surface area contributed by atoms with Gasteiger partial charge in [0.2, 0.25) is 5.91 Å². The number of ketones is 1. The van der Waals surface area contributed by atoms with Gasteiger partial charge in [-0.3, -0.25) is 9.59 Å². The molecular formula is C21H40N2O4. The van der Waals surface area contributed by atoms with E-state index < -0.39 is 17.3 Å². The Kier molecular flexibility index (Phi) is 14.8. The van der Waals surface area contributed by atoms with E-state index in [1.807, 2.05) is 0 Å². The van der Waals surface area contributed by atoms with Crippen LogP contribution >= 0.6 is 0 Å². The number of hydrogen-bond acceptors (Lipinski definition) is 4. The number of carbonyl (C=O) groups excluding carboxylic acids is 2. The van der Waals surface area contributed by atoms with E-state index in [1.54, 1.807) is 0 Å². The maximum Gasteiger partial charge on any atom is 0.331 e. The predicted molar refractivity (Wildman–Crippen MR) is 109 cm³/mol. The van der Waals surface area contributed by atoms with Crippen molar-refractivity contribution in [3.05, 3.63) is 0 Å². The summed E-state index contributed by atoms with van der Waals surface area (Å²) in [7, 11) is 0. The molecule has 0 heterocycles. The van der Waals surface area contributed by atoms with E-state index in [0.717, 1.165) is 44.9 Å². The van der Waals surface area contributed by atoms with Crippen LogP contribution in [-0.2, 0) is 14.4 Å². The number of carboxylic acids is 1. The summed E-state index contributed by atoms with van der Waals surface area (Å²) in [6, 6.07) is 0. The molecule has 0 radical (unpaired) electrons. The highest BCUT2D eigenvalue weighted by molar-refractivity contribution is 6.07. The molecule has 0 aromatic heterocycles. The average Bonchev–Trinajstić information content (AvgIpc) is 2.64. The first kappa shape index (κ1) is 25.6. The molecule has 0 aliphatic rings. The SMILES string of the molecule is CCCCCCCC(=O)NCCC[C@@](N)(C(=O)O)C(=O)CCCCCCC. The molecule has 0 bridgehead atoms. The van der Waals surface area contributed by atoms with Crippen molar-refractivity contribution in [3.8, 4) is 0 Å². The molecular weight excluding hydrogens is 344 g/mol. The van der Waals surface area contributed by atoms with Gasteiger partial charge in [0.25, 0.3) is 0 Å². The number of carboxylic acid groups (broad SMARTS) is 1. The third-order valence-electron chi connectivity index (χ3n) is 4.96. The highest BCUT2D eigenvalue weighted by Gasteiger charge is 2.40. The fraction of sp³-hybridized carbons (Fsp3) is 0.857. The molecule has 6 nitrogen and oxygen atoms in total. The van der Waals surface area contributed by atoms with Crippen LogP contribution in [0.1, 0.15) is 104 Å². The van der Waals surface area contributed by atoms with E-state index in [-0.39, 0.29) is 18.7 Å². The molecule has 1 amide bonds. The Morgan fingerprint density at radius 1 is 0.815 bits per heavy atom. The Hall–Kier alpha value is -1.43. The molecule has 1 atom stereocenters. The van der Waals surface area contributed by atoms with Crippen LogP contribution in [0.3, 0.4) is 0 Å². The van der Waals surface area contributed by atoms with E-state index in [2.05, 4.69) is 19.2 Å². The molecule has 0 aliphatic heterocycles. The van der Waals surface area contributed by atoms with Crippen molar-refractivity contribution in [2.24, 2.45) is 5.73 Å². The van der Waals surface area contributed by atoms with Crippen LogP contribution in [0, 0.1) is 0 Å². The molecule has 0 saturated carbocycles. The highest BCUT2D eigenvalue weighted by Crippen LogP contribution is 2.16. The van der Waals surface area contributed by atoms with Gasteiger partial charge in [-0.25, -0.2) is 4.79 Å². The fourth-order valence-corrected chi connectivity index (χ4v) is 3.05. The summed E-state index contributed by atoms with van der Waals surface area (Å²) in [5.41, 5.74) is 4.07. The highest BCUT2D eigenvalue weighted by atomic mass is 16.4. The summed E-state index contributed by atoms with van der Waals surface area (Å²) in [6.07, 6.45) is 11.5. The summed E-state index contributed by atoms with van der Waals surface area (Å²) < 4.78 is 0. The minimum Gasteiger partial charge on any atom is -0.480 e. The average molecular weight is 385 g/mol. The fourth-order valence-electron chi connectivity index (χ4n) is 3.05. The number of nitrogens with two attached hydrogens (primary N) is 1. The molecule has 0 aliphatic carbocycles. The number of amides is 1. The van der Waals surface area contributed by atoms with Crippen LogP contribution in [0.2, 0.25) is 0 Å². The zero-order valence-electron chi connectivity index (χ0n) is 17.4. The molecule has 0 spiro atoms. The van der Waals surface area contributed by atoms with Gasteiger partial charge in [-0.2, -0.15) is 0 Å². The maximum absolute atomic E-state index is 12.3. The summed E-state index contributed by atoms with van der Waals surface area (Å²) in [5.74, 6) is -1.70. The largest absolute Gasteiger partial charge is 0.480 e. The molecule has 4 N–H and O–H groups in total. The molecule has 0 unspecified atom stereocenters. The smallest absolute Gasteiger partial charge is 0.331 e. The third-order valence-corrected chi connectivity index (χ3v) is 4.96. The summed E-state index contributed by atoms with van der Waals surface area (Å²) in [6.45, 7) is 4.62. The number of unbranched alkanes of at least 4 members (excludes halogenated alkanes) is 8. The first-order chi connectivity index (χ1) is 12.9. The number of hydrogen-bond donors (Lipinski definition) is 3. The van der Waals surface area contributed by atoms with E-state index in [9.17, 15) is 19.5 Å². The van der Waals surface area contributed by atoms with Crippen molar-refractivity contribution in [2.45, 2.75) is 109 Å². The van der Waals surface area contributed by atoms with E-state index >= 15 is 0 Å².